The number of rotatable bonds is 12. The number of likely N-dealkylation sites (tertiary alicyclic amines) is 1. The number of carbonyl (C=O) groups excluding carboxylic acids is 3. The van der Waals surface area contributed by atoms with E-state index in [0.29, 0.717) is 18.8 Å². The Hall–Kier alpha value is -3.01. The van der Waals surface area contributed by atoms with Crippen molar-refractivity contribution in [3.63, 3.8) is 0 Å². The summed E-state index contributed by atoms with van der Waals surface area (Å²) in [4.78, 5) is 45.8. The number of hydrazine groups is 1. The highest BCUT2D eigenvalue weighted by molar-refractivity contribution is 5.95. The maximum Gasteiger partial charge on any atom is 0.246 e. The third kappa shape index (κ3) is 6.83. The Balaban J connectivity index is 1.43. The van der Waals surface area contributed by atoms with Crippen molar-refractivity contribution in [1.82, 2.24) is 31.3 Å². The normalized spacial score (nSPS) is 30.5. The van der Waals surface area contributed by atoms with Crippen LogP contribution in [0.5, 0.6) is 0 Å². The number of hydrogen-bond donors (Lipinski definition) is 4. The molecule has 6 atom stereocenters. The van der Waals surface area contributed by atoms with Crippen LogP contribution in [0.1, 0.15) is 121 Å². The summed E-state index contributed by atoms with van der Waals surface area (Å²) in [5.74, 6) is -0.346. The Morgan fingerprint density at radius 1 is 0.843 bits per heavy atom. The van der Waals surface area contributed by atoms with Crippen molar-refractivity contribution in [2.75, 3.05) is 19.6 Å². The number of carbonyl (C=O) groups is 3. The molecule has 3 saturated carbocycles. The first-order valence-corrected chi connectivity index (χ1v) is 19.3. The predicted molar refractivity (Wildman–Crippen MR) is 203 cm³/mol. The van der Waals surface area contributed by atoms with E-state index in [-0.39, 0.29) is 39.9 Å². The number of hydrogen-bond acceptors (Lipinski definition) is 7. The van der Waals surface area contributed by atoms with Gasteiger partial charge in [0.1, 0.15) is 23.7 Å². The zero-order valence-electron chi connectivity index (χ0n) is 33.6. The number of ether oxygens (including phenoxy) is 1. The molecule has 5 rings (SSSR count). The van der Waals surface area contributed by atoms with Crippen molar-refractivity contribution in [3.05, 3.63) is 37.4 Å². The lowest BCUT2D eigenvalue weighted by Gasteiger charge is -2.39. The fraction of sp³-hybridized carbons (Fsp3) is 0.780. The molecule has 5 fully saturated rings. The Morgan fingerprint density at radius 3 is 1.88 bits per heavy atom. The minimum atomic E-state index is -0.874. The topological polar surface area (TPSA) is 115 Å². The van der Waals surface area contributed by atoms with Crippen LogP contribution >= 0.6 is 0 Å². The van der Waals surface area contributed by atoms with E-state index in [1.807, 2.05) is 73.3 Å². The second-order valence-corrected chi connectivity index (χ2v) is 20.0. The Bertz CT molecular complexity index is 1440. The maximum atomic E-state index is 15.1. The molecule has 2 heterocycles. The van der Waals surface area contributed by atoms with Crippen molar-refractivity contribution in [1.29, 1.82) is 0 Å². The Morgan fingerprint density at radius 2 is 1.43 bits per heavy atom. The summed E-state index contributed by atoms with van der Waals surface area (Å²) in [7, 11) is 0. The van der Waals surface area contributed by atoms with Gasteiger partial charge in [-0.2, -0.15) is 0 Å². The molecule has 0 radical (unpaired) electrons. The molecule has 2 aliphatic heterocycles. The van der Waals surface area contributed by atoms with Gasteiger partial charge < -0.3 is 31.0 Å². The van der Waals surface area contributed by atoms with Gasteiger partial charge in [0.25, 0.3) is 0 Å². The predicted octanol–water partition coefficient (Wildman–Crippen LogP) is 5.78. The summed E-state index contributed by atoms with van der Waals surface area (Å²) in [6, 6.07) is -2.27. The Labute approximate surface area is 308 Å². The fourth-order valence-electron chi connectivity index (χ4n) is 9.90. The lowest BCUT2D eigenvalue weighted by molar-refractivity contribution is -0.144. The van der Waals surface area contributed by atoms with Crippen LogP contribution in [0.3, 0.4) is 0 Å². The molecule has 5 aliphatic rings. The molecule has 0 aromatic rings. The van der Waals surface area contributed by atoms with Crippen molar-refractivity contribution in [2.45, 2.75) is 150 Å². The molecule has 2 saturated heterocycles. The van der Waals surface area contributed by atoms with Crippen LogP contribution in [-0.2, 0) is 19.1 Å². The Kier molecular flexibility index (Phi) is 9.87. The molecule has 0 aromatic carbocycles. The van der Waals surface area contributed by atoms with Crippen LogP contribution in [0.4, 0.5) is 0 Å². The molecule has 10 heteroatoms. The molecule has 51 heavy (non-hydrogen) atoms. The zero-order valence-corrected chi connectivity index (χ0v) is 33.6. The third-order valence-corrected chi connectivity index (χ3v) is 13.2. The quantitative estimate of drug-likeness (QED) is 0.150. The SMILES string of the molecule is C=C[C@@H]1C[C@]1(NC(=O)C1C[C@@]2(CN1C(=O)[C@@H](NC(=O)C(NC(=C)OC(C)(C)C)C(C)(C)C)C(C)(C)C)C(C)(C)C21CCC1)C(=C)NN1CCCC1. The second-order valence-electron chi connectivity index (χ2n) is 20.0. The first-order chi connectivity index (χ1) is 23.4. The zero-order chi connectivity index (χ0) is 38.2. The average Bonchev–Trinajstić information content (AvgIpc) is 3.45. The minimum Gasteiger partial charge on any atom is -0.474 e. The van der Waals surface area contributed by atoms with Gasteiger partial charge in [0.2, 0.25) is 17.7 Å². The summed E-state index contributed by atoms with van der Waals surface area (Å²) in [6.45, 7) is 37.1. The van der Waals surface area contributed by atoms with Gasteiger partial charge in [0.15, 0.2) is 5.88 Å². The molecule has 0 bridgehead atoms. The fourth-order valence-corrected chi connectivity index (χ4v) is 9.90. The first-order valence-electron chi connectivity index (χ1n) is 19.3. The van der Waals surface area contributed by atoms with Gasteiger partial charge in [-0.3, -0.25) is 14.4 Å². The van der Waals surface area contributed by atoms with Crippen molar-refractivity contribution in [2.24, 2.45) is 33.0 Å². The summed E-state index contributed by atoms with van der Waals surface area (Å²) < 4.78 is 5.93. The van der Waals surface area contributed by atoms with Crippen LogP contribution < -0.4 is 21.4 Å². The van der Waals surface area contributed by atoms with E-state index in [9.17, 15) is 9.59 Å². The van der Waals surface area contributed by atoms with Gasteiger partial charge in [0.05, 0.1) is 5.54 Å². The van der Waals surface area contributed by atoms with Crippen LogP contribution in [0.25, 0.3) is 0 Å². The summed E-state index contributed by atoms with van der Waals surface area (Å²) in [5.41, 5.74) is 1.92. The summed E-state index contributed by atoms with van der Waals surface area (Å²) in [6.07, 6.45) is 8.89. The molecular formula is C41H68N6O4. The molecule has 10 nitrogen and oxygen atoms in total. The number of nitrogens with one attached hydrogen (secondary N) is 4. The number of nitrogens with zero attached hydrogens (tertiary/aromatic N) is 2. The van der Waals surface area contributed by atoms with Gasteiger partial charge >= 0.3 is 0 Å². The standard InChI is InChI=1S/C41H68N6O4/c1-15-28-23-41(28,26(2)45-46-21-16-17-22-46)44-32(48)29-24-40(38(13,14)39(40)19-18-20-39)25-47(29)34(50)31(36(7,8)9)43-33(49)30(35(4,5)6)42-27(3)51-37(10,11)12/h15,28-31,42,45H,1-3,16-25H2,4-14H3,(H,43,49)(H,44,48)/t28-,29?,30?,31-,40-,41+/m1/s1. The first kappa shape index (κ1) is 39.2. The lowest BCUT2D eigenvalue weighted by atomic mass is 9.73. The van der Waals surface area contributed by atoms with E-state index < -0.39 is 40.1 Å². The molecular weight excluding hydrogens is 640 g/mol. The molecule has 2 spiro atoms. The monoisotopic (exact) mass is 709 g/mol. The van der Waals surface area contributed by atoms with E-state index in [4.69, 9.17) is 4.74 Å². The van der Waals surface area contributed by atoms with E-state index in [2.05, 4.69) is 60.0 Å². The maximum absolute atomic E-state index is 15.1. The summed E-state index contributed by atoms with van der Waals surface area (Å²) >= 11 is 0. The average molecular weight is 709 g/mol. The van der Waals surface area contributed by atoms with E-state index in [1.165, 1.54) is 6.42 Å². The highest BCUT2D eigenvalue weighted by Crippen LogP contribution is 2.88. The van der Waals surface area contributed by atoms with Gasteiger partial charge in [-0.25, -0.2) is 5.01 Å². The van der Waals surface area contributed by atoms with Crippen molar-refractivity contribution < 1.29 is 19.1 Å². The second kappa shape index (κ2) is 12.8. The van der Waals surface area contributed by atoms with Gasteiger partial charge in [-0.05, 0) is 87.5 Å². The van der Waals surface area contributed by atoms with Gasteiger partial charge in [0, 0.05) is 36.7 Å². The third-order valence-electron chi connectivity index (χ3n) is 13.2. The van der Waals surface area contributed by atoms with Crippen LogP contribution in [0, 0.1) is 33.0 Å². The van der Waals surface area contributed by atoms with E-state index in [0.717, 1.165) is 50.9 Å². The highest BCUT2D eigenvalue weighted by Gasteiger charge is 2.85. The largest absolute Gasteiger partial charge is 0.474 e. The van der Waals surface area contributed by atoms with Crippen LogP contribution in [-0.4, -0.2) is 76.5 Å². The molecule has 286 valence electrons. The van der Waals surface area contributed by atoms with Crippen LogP contribution in [0.15, 0.2) is 37.4 Å². The lowest BCUT2D eigenvalue weighted by Crippen LogP contribution is -2.62. The van der Waals surface area contributed by atoms with Crippen LogP contribution in [0.2, 0.25) is 0 Å². The van der Waals surface area contributed by atoms with Crippen molar-refractivity contribution >= 4 is 17.7 Å². The van der Waals surface area contributed by atoms with Gasteiger partial charge in [-0.15, -0.1) is 6.58 Å². The van der Waals surface area contributed by atoms with Gasteiger partial charge in [-0.1, -0.05) is 74.5 Å². The minimum absolute atomic E-state index is 0.00276. The number of amides is 3. The van der Waals surface area contributed by atoms with Crippen molar-refractivity contribution in [3.8, 4) is 0 Å². The number of fused-ring (bicyclic) bond motifs is 1. The van der Waals surface area contributed by atoms with E-state index in [1.54, 1.807) is 0 Å². The molecule has 0 aromatic heterocycles. The highest BCUT2D eigenvalue weighted by atomic mass is 16.5. The smallest absolute Gasteiger partial charge is 0.246 e. The molecule has 3 aliphatic carbocycles. The summed E-state index contributed by atoms with van der Waals surface area (Å²) in [5, 5.41) is 11.9. The molecule has 2 unspecified atom stereocenters. The molecule has 3 amide bonds. The molecule has 4 N–H and O–H groups in total. The van der Waals surface area contributed by atoms with E-state index >= 15 is 4.79 Å².